The number of non-ortho nitro benzene ring substituents is 1. The number of anilines is 1. The van der Waals surface area contributed by atoms with Gasteiger partial charge in [-0.3, -0.25) is 19.7 Å². The molecule has 2 aromatic carbocycles. The smallest absolute Gasteiger partial charge is 0.269 e. The largest absolute Gasteiger partial charge is 0.352 e. The molecule has 0 aliphatic heterocycles. The highest BCUT2D eigenvalue weighted by Gasteiger charge is 2.10. The van der Waals surface area contributed by atoms with Crippen LogP contribution in [0, 0.1) is 22.9 Å². The van der Waals surface area contributed by atoms with Gasteiger partial charge in [0.25, 0.3) is 11.6 Å². The van der Waals surface area contributed by atoms with E-state index in [0.717, 1.165) is 0 Å². The molecule has 0 aliphatic rings. The second kappa shape index (κ2) is 8.00. The van der Waals surface area contributed by atoms with Gasteiger partial charge in [0.15, 0.2) is 0 Å². The first-order valence-corrected chi connectivity index (χ1v) is 7.45. The monoisotopic (exact) mass is 345 g/mol. The molecule has 0 bridgehead atoms. The lowest BCUT2D eigenvalue weighted by Gasteiger charge is -2.07. The van der Waals surface area contributed by atoms with Crippen molar-refractivity contribution in [1.29, 1.82) is 0 Å². The number of nitrogens with one attached hydrogen (secondary N) is 2. The van der Waals surface area contributed by atoms with Gasteiger partial charge in [-0.05, 0) is 36.8 Å². The number of aryl methyl sites for hydroxylation is 1. The minimum absolute atomic E-state index is 0.00815. The molecule has 0 aliphatic carbocycles. The van der Waals surface area contributed by atoms with Crippen molar-refractivity contribution < 1.29 is 18.9 Å². The van der Waals surface area contributed by atoms with Crippen LogP contribution in [0.15, 0.2) is 42.5 Å². The number of carbonyl (C=O) groups is 2. The first-order valence-electron chi connectivity index (χ1n) is 7.45. The fraction of sp³-hybridized carbons (Fsp3) is 0.176. The molecule has 0 aromatic heterocycles. The van der Waals surface area contributed by atoms with Crippen LogP contribution in [0.1, 0.15) is 22.3 Å². The van der Waals surface area contributed by atoms with Crippen molar-refractivity contribution in [3.8, 4) is 0 Å². The lowest BCUT2D eigenvalue weighted by molar-refractivity contribution is -0.384. The number of benzene rings is 2. The predicted octanol–water partition coefficient (Wildman–Crippen LogP) is 2.80. The Bertz CT molecular complexity index is 806. The average Bonchev–Trinajstić information content (AvgIpc) is 2.58. The minimum Gasteiger partial charge on any atom is -0.352 e. The molecule has 0 radical (unpaired) electrons. The van der Waals surface area contributed by atoms with Crippen LogP contribution in [0.25, 0.3) is 0 Å². The third kappa shape index (κ3) is 5.10. The van der Waals surface area contributed by atoms with Crippen LogP contribution in [-0.4, -0.2) is 23.3 Å². The summed E-state index contributed by atoms with van der Waals surface area (Å²) in [5.41, 5.74) is 0.969. The molecule has 0 heterocycles. The second-order valence-corrected chi connectivity index (χ2v) is 5.32. The Morgan fingerprint density at radius 2 is 1.84 bits per heavy atom. The highest BCUT2D eigenvalue weighted by atomic mass is 19.1. The Labute approximate surface area is 143 Å². The molecule has 2 amide bonds. The zero-order valence-corrected chi connectivity index (χ0v) is 13.4. The summed E-state index contributed by atoms with van der Waals surface area (Å²) < 4.78 is 13.4. The summed E-state index contributed by atoms with van der Waals surface area (Å²) >= 11 is 0. The van der Waals surface area contributed by atoms with Gasteiger partial charge in [-0.2, -0.15) is 0 Å². The van der Waals surface area contributed by atoms with Gasteiger partial charge < -0.3 is 10.6 Å². The molecule has 130 valence electrons. The van der Waals surface area contributed by atoms with Crippen molar-refractivity contribution in [1.82, 2.24) is 5.32 Å². The molecule has 7 nitrogen and oxygen atoms in total. The van der Waals surface area contributed by atoms with Gasteiger partial charge in [-0.1, -0.05) is 6.07 Å². The zero-order valence-electron chi connectivity index (χ0n) is 13.4. The van der Waals surface area contributed by atoms with Gasteiger partial charge in [0.1, 0.15) is 5.82 Å². The fourth-order valence-corrected chi connectivity index (χ4v) is 2.02. The van der Waals surface area contributed by atoms with Crippen molar-refractivity contribution in [2.45, 2.75) is 13.3 Å². The van der Waals surface area contributed by atoms with Gasteiger partial charge in [0, 0.05) is 36.3 Å². The Kier molecular flexibility index (Phi) is 5.78. The summed E-state index contributed by atoms with van der Waals surface area (Å²) in [6.07, 6.45) is 0.00815. The number of amides is 2. The number of halogens is 1. The molecule has 0 unspecified atom stereocenters. The molecule has 0 fully saturated rings. The number of rotatable bonds is 6. The van der Waals surface area contributed by atoms with E-state index >= 15 is 0 Å². The second-order valence-electron chi connectivity index (χ2n) is 5.32. The summed E-state index contributed by atoms with van der Waals surface area (Å²) in [5.74, 6) is -1.22. The summed E-state index contributed by atoms with van der Waals surface area (Å²) in [5, 5.41) is 15.6. The third-order valence-corrected chi connectivity index (χ3v) is 3.43. The molecule has 0 saturated heterocycles. The molecule has 2 aromatic rings. The number of nitro groups is 1. The first kappa shape index (κ1) is 18.1. The minimum atomic E-state index is -0.556. The zero-order chi connectivity index (χ0) is 18.4. The van der Waals surface area contributed by atoms with E-state index in [1.165, 1.54) is 30.3 Å². The highest BCUT2D eigenvalue weighted by Crippen LogP contribution is 2.14. The van der Waals surface area contributed by atoms with Crippen LogP contribution >= 0.6 is 0 Å². The molecule has 0 spiro atoms. The summed E-state index contributed by atoms with van der Waals surface area (Å²) in [7, 11) is 0. The maximum Gasteiger partial charge on any atom is 0.269 e. The van der Waals surface area contributed by atoms with Gasteiger partial charge in [-0.15, -0.1) is 0 Å². The van der Waals surface area contributed by atoms with Crippen molar-refractivity contribution in [3.05, 3.63) is 69.5 Å². The van der Waals surface area contributed by atoms with Crippen LogP contribution < -0.4 is 10.6 Å². The van der Waals surface area contributed by atoms with Crippen LogP contribution in [0.2, 0.25) is 0 Å². The normalized spacial score (nSPS) is 10.2. The number of hydrogen-bond acceptors (Lipinski definition) is 4. The van der Waals surface area contributed by atoms with Crippen LogP contribution in [-0.2, 0) is 4.79 Å². The Morgan fingerprint density at radius 1 is 1.16 bits per heavy atom. The van der Waals surface area contributed by atoms with E-state index in [1.54, 1.807) is 19.1 Å². The maximum absolute atomic E-state index is 13.4. The number of nitrogens with zero attached hydrogens (tertiary/aromatic N) is 1. The number of nitro benzene ring substituents is 1. The summed E-state index contributed by atoms with van der Waals surface area (Å²) in [4.78, 5) is 33.7. The van der Waals surface area contributed by atoms with E-state index in [9.17, 15) is 24.1 Å². The standard InChI is InChI=1S/C17H16FN3O4/c1-11-2-5-13(10-15(11)18)20-16(22)8-9-19-17(23)12-3-6-14(7-4-12)21(24)25/h2-7,10H,8-9H2,1H3,(H,19,23)(H,20,22). The van der Waals surface area contributed by atoms with Crippen molar-refractivity contribution in [2.24, 2.45) is 0 Å². The van der Waals surface area contributed by atoms with Crippen LogP contribution in [0.3, 0.4) is 0 Å². The number of hydrogen-bond donors (Lipinski definition) is 2. The summed E-state index contributed by atoms with van der Waals surface area (Å²) in [6.45, 7) is 1.70. The molecule has 8 heteroatoms. The summed E-state index contributed by atoms with van der Waals surface area (Å²) in [6, 6.07) is 9.50. The van der Waals surface area contributed by atoms with E-state index in [4.69, 9.17) is 0 Å². The highest BCUT2D eigenvalue weighted by molar-refractivity contribution is 5.95. The number of carbonyl (C=O) groups excluding carboxylic acids is 2. The maximum atomic E-state index is 13.4. The van der Waals surface area contributed by atoms with E-state index in [1.807, 2.05) is 0 Å². The van der Waals surface area contributed by atoms with Gasteiger partial charge in [0.2, 0.25) is 5.91 Å². The molecular weight excluding hydrogens is 329 g/mol. The first-order chi connectivity index (χ1) is 11.9. The third-order valence-electron chi connectivity index (χ3n) is 3.43. The molecule has 0 saturated carbocycles. The van der Waals surface area contributed by atoms with Gasteiger partial charge >= 0.3 is 0 Å². The Morgan fingerprint density at radius 3 is 2.44 bits per heavy atom. The lowest BCUT2D eigenvalue weighted by atomic mass is 10.2. The van der Waals surface area contributed by atoms with Crippen LogP contribution in [0.5, 0.6) is 0 Å². The molecular formula is C17H16FN3O4. The van der Waals surface area contributed by atoms with Crippen molar-refractivity contribution in [3.63, 3.8) is 0 Å². The van der Waals surface area contributed by atoms with Gasteiger partial charge in [0.05, 0.1) is 4.92 Å². The average molecular weight is 345 g/mol. The lowest BCUT2D eigenvalue weighted by Crippen LogP contribution is -2.27. The molecule has 0 atom stereocenters. The topological polar surface area (TPSA) is 101 Å². The predicted molar refractivity (Wildman–Crippen MR) is 89.8 cm³/mol. The molecule has 2 N–H and O–H groups in total. The molecule has 25 heavy (non-hydrogen) atoms. The van der Waals surface area contributed by atoms with Gasteiger partial charge in [-0.25, -0.2) is 4.39 Å². The quantitative estimate of drug-likeness (QED) is 0.621. The SMILES string of the molecule is Cc1ccc(NC(=O)CCNC(=O)c2ccc([N+](=O)[O-])cc2)cc1F. The Balaban J connectivity index is 1.81. The fourth-order valence-electron chi connectivity index (χ4n) is 2.02. The van der Waals surface area contributed by atoms with Crippen LogP contribution in [0.4, 0.5) is 15.8 Å². The van der Waals surface area contributed by atoms with Crippen molar-refractivity contribution >= 4 is 23.2 Å². The van der Waals surface area contributed by atoms with E-state index in [2.05, 4.69) is 10.6 Å². The van der Waals surface area contributed by atoms with E-state index in [-0.39, 0.29) is 30.1 Å². The Hall–Kier alpha value is -3.29. The molecule has 2 rings (SSSR count). The van der Waals surface area contributed by atoms with Crippen molar-refractivity contribution in [2.75, 3.05) is 11.9 Å². The van der Waals surface area contributed by atoms with E-state index < -0.39 is 16.6 Å². The van der Waals surface area contributed by atoms with E-state index in [0.29, 0.717) is 11.3 Å².